The molecule has 0 aliphatic rings. The van der Waals surface area contributed by atoms with E-state index < -0.39 is 0 Å². The Labute approximate surface area is 102 Å². The lowest BCUT2D eigenvalue weighted by Gasteiger charge is -2.13. The van der Waals surface area contributed by atoms with E-state index in [2.05, 4.69) is 30.4 Å². The summed E-state index contributed by atoms with van der Waals surface area (Å²) in [5.41, 5.74) is 2.32. The molecule has 0 spiro atoms. The van der Waals surface area contributed by atoms with Crippen LogP contribution in [0.3, 0.4) is 0 Å². The lowest BCUT2D eigenvalue weighted by molar-refractivity contribution is 0.542. The van der Waals surface area contributed by atoms with Gasteiger partial charge in [-0.15, -0.1) is 12.4 Å². The second-order valence-electron chi connectivity index (χ2n) is 3.89. The maximum Gasteiger partial charge on any atom is 0.134 e. The molecule has 1 heterocycles. The highest BCUT2D eigenvalue weighted by molar-refractivity contribution is 5.85. The van der Waals surface area contributed by atoms with Crippen molar-refractivity contribution in [2.45, 2.75) is 25.8 Å². The number of rotatable bonds is 4. The first-order chi connectivity index (χ1) is 7.33. The molecule has 0 bridgehead atoms. The van der Waals surface area contributed by atoms with Crippen molar-refractivity contribution in [1.82, 2.24) is 5.32 Å². The molecule has 16 heavy (non-hydrogen) atoms. The lowest BCUT2D eigenvalue weighted by atomic mass is 10.0. The topological polar surface area (TPSA) is 25.2 Å². The van der Waals surface area contributed by atoms with Crippen molar-refractivity contribution in [1.29, 1.82) is 0 Å². The number of nitrogens with one attached hydrogen (secondary N) is 1. The van der Waals surface area contributed by atoms with E-state index in [1.54, 1.807) is 6.26 Å². The van der Waals surface area contributed by atoms with Crippen LogP contribution in [0.5, 0.6) is 0 Å². The molecular formula is C13H18ClNO. The Morgan fingerprint density at radius 1 is 1.31 bits per heavy atom. The number of halogens is 1. The molecule has 0 saturated heterocycles. The second kappa shape index (κ2) is 5.92. The quantitative estimate of drug-likeness (QED) is 0.885. The van der Waals surface area contributed by atoms with Crippen LogP contribution in [0.4, 0.5) is 0 Å². The third-order valence-electron chi connectivity index (χ3n) is 2.90. The highest BCUT2D eigenvalue weighted by Crippen LogP contribution is 2.18. The zero-order chi connectivity index (χ0) is 10.7. The van der Waals surface area contributed by atoms with Gasteiger partial charge in [0.1, 0.15) is 5.58 Å². The van der Waals surface area contributed by atoms with Crippen LogP contribution in [-0.4, -0.2) is 13.1 Å². The standard InChI is InChI=1S/C13H17NO.ClH/c1-3-12(14-2)8-10-4-5-11-6-7-15-13(11)9-10;/h4-7,9,12,14H,3,8H2,1-2H3;1H/t12-;/m0./s1. The first kappa shape index (κ1) is 13.1. The Bertz CT molecular complexity index is 434. The summed E-state index contributed by atoms with van der Waals surface area (Å²) in [6.07, 6.45) is 3.94. The van der Waals surface area contributed by atoms with E-state index in [-0.39, 0.29) is 12.4 Å². The van der Waals surface area contributed by atoms with E-state index in [0.717, 1.165) is 18.4 Å². The molecule has 1 atom stereocenters. The van der Waals surface area contributed by atoms with Crippen LogP contribution in [-0.2, 0) is 6.42 Å². The van der Waals surface area contributed by atoms with Crippen LogP contribution in [0.2, 0.25) is 0 Å². The number of fused-ring (bicyclic) bond motifs is 1. The van der Waals surface area contributed by atoms with Gasteiger partial charge in [-0.05, 0) is 37.6 Å². The van der Waals surface area contributed by atoms with Gasteiger partial charge in [-0.3, -0.25) is 0 Å². The molecular weight excluding hydrogens is 222 g/mol. The Kier molecular flexibility index (Phi) is 4.84. The highest BCUT2D eigenvalue weighted by Gasteiger charge is 2.05. The van der Waals surface area contributed by atoms with Crippen LogP contribution in [0.15, 0.2) is 34.9 Å². The van der Waals surface area contributed by atoms with Crippen molar-refractivity contribution in [3.63, 3.8) is 0 Å². The van der Waals surface area contributed by atoms with Crippen molar-refractivity contribution >= 4 is 23.4 Å². The predicted molar refractivity (Wildman–Crippen MR) is 70.3 cm³/mol. The average molecular weight is 240 g/mol. The molecule has 0 fully saturated rings. The Balaban J connectivity index is 0.00000128. The molecule has 2 rings (SSSR count). The number of likely N-dealkylation sites (N-methyl/N-ethyl adjacent to an activating group) is 1. The molecule has 88 valence electrons. The van der Waals surface area contributed by atoms with Gasteiger partial charge in [-0.1, -0.05) is 19.1 Å². The summed E-state index contributed by atoms with van der Waals surface area (Å²) in [7, 11) is 2.01. The normalized spacial score (nSPS) is 12.4. The fourth-order valence-electron chi connectivity index (χ4n) is 1.86. The predicted octanol–water partition coefficient (Wildman–Crippen LogP) is 3.40. The largest absolute Gasteiger partial charge is 0.464 e. The van der Waals surface area contributed by atoms with Gasteiger partial charge in [-0.2, -0.15) is 0 Å². The van der Waals surface area contributed by atoms with Gasteiger partial charge in [0.2, 0.25) is 0 Å². The van der Waals surface area contributed by atoms with Gasteiger partial charge in [0.05, 0.1) is 6.26 Å². The third-order valence-corrected chi connectivity index (χ3v) is 2.90. The van der Waals surface area contributed by atoms with Crippen LogP contribution in [0, 0.1) is 0 Å². The van der Waals surface area contributed by atoms with E-state index in [1.165, 1.54) is 10.9 Å². The molecule has 2 nitrogen and oxygen atoms in total. The third kappa shape index (κ3) is 2.77. The summed E-state index contributed by atoms with van der Waals surface area (Å²) in [5, 5.41) is 4.49. The first-order valence-corrected chi connectivity index (χ1v) is 5.47. The van der Waals surface area contributed by atoms with Crippen LogP contribution < -0.4 is 5.32 Å². The summed E-state index contributed by atoms with van der Waals surface area (Å²) in [5.74, 6) is 0. The Morgan fingerprint density at radius 3 is 2.81 bits per heavy atom. The molecule has 0 aliphatic heterocycles. The highest BCUT2D eigenvalue weighted by atomic mass is 35.5. The molecule has 1 aromatic carbocycles. The molecule has 0 radical (unpaired) electrons. The van der Waals surface area contributed by atoms with E-state index >= 15 is 0 Å². The SMILES string of the molecule is CC[C@@H](Cc1ccc2ccoc2c1)NC.Cl. The van der Waals surface area contributed by atoms with Gasteiger partial charge in [-0.25, -0.2) is 0 Å². The van der Waals surface area contributed by atoms with Gasteiger partial charge >= 0.3 is 0 Å². The minimum Gasteiger partial charge on any atom is -0.464 e. The molecule has 0 amide bonds. The van der Waals surface area contributed by atoms with Crippen molar-refractivity contribution in [3.05, 3.63) is 36.1 Å². The molecule has 0 saturated carbocycles. The smallest absolute Gasteiger partial charge is 0.134 e. The molecule has 1 aromatic heterocycles. The second-order valence-corrected chi connectivity index (χ2v) is 3.89. The number of benzene rings is 1. The summed E-state index contributed by atoms with van der Waals surface area (Å²) in [4.78, 5) is 0. The van der Waals surface area contributed by atoms with E-state index in [1.807, 2.05) is 13.1 Å². The van der Waals surface area contributed by atoms with E-state index in [9.17, 15) is 0 Å². The fraction of sp³-hybridized carbons (Fsp3) is 0.385. The molecule has 3 heteroatoms. The van der Waals surface area contributed by atoms with Crippen molar-refractivity contribution in [3.8, 4) is 0 Å². The minimum atomic E-state index is 0. The lowest BCUT2D eigenvalue weighted by Crippen LogP contribution is -2.26. The summed E-state index contributed by atoms with van der Waals surface area (Å²) in [6.45, 7) is 2.20. The Morgan fingerprint density at radius 2 is 2.12 bits per heavy atom. The fourth-order valence-corrected chi connectivity index (χ4v) is 1.86. The summed E-state index contributed by atoms with van der Waals surface area (Å²) in [6, 6.07) is 8.98. The van der Waals surface area contributed by atoms with Crippen molar-refractivity contribution < 1.29 is 4.42 Å². The first-order valence-electron chi connectivity index (χ1n) is 5.47. The molecule has 0 unspecified atom stereocenters. The monoisotopic (exact) mass is 239 g/mol. The molecule has 1 N–H and O–H groups in total. The van der Waals surface area contributed by atoms with E-state index in [4.69, 9.17) is 4.42 Å². The van der Waals surface area contributed by atoms with Gasteiger partial charge in [0, 0.05) is 11.4 Å². The molecule has 2 aromatic rings. The number of furan rings is 1. The van der Waals surface area contributed by atoms with Crippen molar-refractivity contribution in [2.24, 2.45) is 0 Å². The summed E-state index contributed by atoms with van der Waals surface area (Å²) >= 11 is 0. The van der Waals surface area contributed by atoms with Crippen molar-refractivity contribution in [2.75, 3.05) is 7.05 Å². The number of hydrogen-bond donors (Lipinski definition) is 1. The average Bonchev–Trinajstić information content (AvgIpc) is 2.73. The van der Waals surface area contributed by atoms with Crippen LogP contribution >= 0.6 is 12.4 Å². The van der Waals surface area contributed by atoms with Crippen LogP contribution in [0.25, 0.3) is 11.0 Å². The van der Waals surface area contributed by atoms with Gasteiger partial charge in [0.25, 0.3) is 0 Å². The number of hydrogen-bond acceptors (Lipinski definition) is 2. The van der Waals surface area contributed by atoms with Gasteiger partial charge < -0.3 is 9.73 Å². The Hall–Kier alpha value is -0.990. The zero-order valence-corrected chi connectivity index (χ0v) is 10.5. The van der Waals surface area contributed by atoms with E-state index in [0.29, 0.717) is 6.04 Å². The van der Waals surface area contributed by atoms with Crippen LogP contribution in [0.1, 0.15) is 18.9 Å². The van der Waals surface area contributed by atoms with Gasteiger partial charge in [0.15, 0.2) is 0 Å². The maximum absolute atomic E-state index is 5.39. The molecule has 0 aliphatic carbocycles. The summed E-state index contributed by atoms with van der Waals surface area (Å²) < 4.78 is 5.39. The minimum absolute atomic E-state index is 0. The zero-order valence-electron chi connectivity index (χ0n) is 9.69. The maximum atomic E-state index is 5.39.